The van der Waals surface area contributed by atoms with Crippen molar-refractivity contribution in [3.8, 4) is 0 Å². The Balaban J connectivity index is 1.74. The van der Waals surface area contributed by atoms with Gasteiger partial charge >= 0.3 is 0 Å². The van der Waals surface area contributed by atoms with E-state index in [9.17, 15) is 4.79 Å². The average molecular weight is 352 g/mol. The highest BCUT2D eigenvalue weighted by Gasteiger charge is 2.27. The summed E-state index contributed by atoms with van der Waals surface area (Å²) < 4.78 is 0. The summed E-state index contributed by atoms with van der Waals surface area (Å²) in [5.74, 6) is 1.07. The van der Waals surface area contributed by atoms with E-state index in [0.717, 1.165) is 11.3 Å². The molecule has 2 rings (SSSR count). The molecular formula is C17H25N3OS2. The first-order valence-corrected chi connectivity index (χ1v) is 9.35. The van der Waals surface area contributed by atoms with E-state index in [0.29, 0.717) is 23.0 Å². The molecule has 4 nitrogen and oxygen atoms in total. The molecular weight excluding hydrogens is 326 g/mol. The Labute approximate surface area is 147 Å². The molecule has 1 aliphatic rings. The maximum absolute atomic E-state index is 11.8. The Hall–Kier alpha value is -1.40. The number of amides is 1. The van der Waals surface area contributed by atoms with Crippen molar-refractivity contribution in [2.24, 2.45) is 11.8 Å². The first-order valence-electron chi connectivity index (χ1n) is 8.06. The number of rotatable bonds is 3. The Kier molecular flexibility index (Phi) is 6.59. The fourth-order valence-corrected chi connectivity index (χ4v) is 3.88. The van der Waals surface area contributed by atoms with Gasteiger partial charge in [0.2, 0.25) is 0 Å². The Morgan fingerprint density at radius 1 is 1.35 bits per heavy atom. The normalized spacial score (nSPS) is 24.4. The largest absolute Gasteiger partial charge is 0.358 e. The molecule has 126 valence electrons. The molecule has 6 heteroatoms. The minimum atomic E-state index is -0.216. The van der Waals surface area contributed by atoms with Crippen molar-refractivity contribution < 1.29 is 4.79 Å². The molecule has 0 spiro atoms. The lowest BCUT2D eigenvalue weighted by Crippen LogP contribution is -2.52. The van der Waals surface area contributed by atoms with Crippen LogP contribution < -0.4 is 16.2 Å². The van der Waals surface area contributed by atoms with Gasteiger partial charge in [-0.25, -0.2) is 0 Å². The van der Waals surface area contributed by atoms with Crippen LogP contribution >= 0.6 is 23.6 Å². The Bertz CT molecular complexity index is 582. The molecule has 0 unspecified atom stereocenters. The van der Waals surface area contributed by atoms with Crippen molar-refractivity contribution >= 4 is 40.7 Å². The van der Waals surface area contributed by atoms with Gasteiger partial charge in [-0.15, -0.1) is 11.3 Å². The third-order valence-electron chi connectivity index (χ3n) is 4.61. The molecule has 1 aromatic rings. The van der Waals surface area contributed by atoms with E-state index in [-0.39, 0.29) is 5.91 Å². The highest BCUT2D eigenvalue weighted by atomic mass is 32.1. The van der Waals surface area contributed by atoms with Gasteiger partial charge in [0.05, 0.1) is 0 Å². The second-order valence-electron chi connectivity index (χ2n) is 6.26. The van der Waals surface area contributed by atoms with Crippen LogP contribution in [0.3, 0.4) is 0 Å². The van der Waals surface area contributed by atoms with Crippen molar-refractivity contribution in [3.05, 3.63) is 28.0 Å². The summed E-state index contributed by atoms with van der Waals surface area (Å²) in [7, 11) is 0. The van der Waals surface area contributed by atoms with Crippen LogP contribution in [0.2, 0.25) is 0 Å². The number of thiophene rings is 1. The van der Waals surface area contributed by atoms with Crippen molar-refractivity contribution in [3.63, 3.8) is 0 Å². The van der Waals surface area contributed by atoms with Crippen LogP contribution in [0.4, 0.5) is 0 Å². The second kappa shape index (κ2) is 8.45. The molecule has 1 aromatic heterocycles. The zero-order chi connectivity index (χ0) is 16.8. The van der Waals surface area contributed by atoms with Crippen molar-refractivity contribution in [1.29, 1.82) is 0 Å². The van der Waals surface area contributed by atoms with Gasteiger partial charge in [0.15, 0.2) is 5.11 Å². The summed E-state index contributed by atoms with van der Waals surface area (Å²) in [5.41, 5.74) is 6.56. The number of nitrogens with one attached hydrogen (secondary N) is 3. The second-order valence-corrected chi connectivity index (χ2v) is 7.62. The standard InChI is InChI=1S/C17H25N3OS2/c1-11-5-4-6-14(13(11)3)18-17(22)20-19-16(21)8-7-15-12(2)9-10-23-15/h7-11,13-14H,4-6H2,1-3H3,(H,19,21)(H2,18,20,22)/b8-7+/t11-,13-,14+/m0/s1. The summed E-state index contributed by atoms with van der Waals surface area (Å²) in [6.45, 7) is 6.57. The van der Waals surface area contributed by atoms with Gasteiger partial charge in [-0.2, -0.15) is 0 Å². The van der Waals surface area contributed by atoms with E-state index in [1.165, 1.54) is 24.5 Å². The van der Waals surface area contributed by atoms with E-state index in [1.807, 2.05) is 24.4 Å². The van der Waals surface area contributed by atoms with Gasteiger partial charge in [0.1, 0.15) is 0 Å². The fraction of sp³-hybridized carbons (Fsp3) is 0.529. The molecule has 1 saturated carbocycles. The molecule has 0 aromatic carbocycles. The predicted octanol–water partition coefficient (Wildman–Crippen LogP) is 3.39. The number of hydrogen-bond donors (Lipinski definition) is 3. The van der Waals surface area contributed by atoms with Crippen LogP contribution in [0, 0.1) is 18.8 Å². The lowest BCUT2D eigenvalue weighted by molar-refractivity contribution is -0.116. The topological polar surface area (TPSA) is 53.2 Å². The molecule has 1 amide bonds. The molecule has 0 saturated heterocycles. The molecule has 0 aliphatic heterocycles. The van der Waals surface area contributed by atoms with Gasteiger partial charge in [-0.1, -0.05) is 26.7 Å². The van der Waals surface area contributed by atoms with E-state index in [1.54, 1.807) is 11.3 Å². The zero-order valence-electron chi connectivity index (χ0n) is 13.9. The maximum Gasteiger partial charge on any atom is 0.262 e. The number of aryl methyl sites for hydroxylation is 1. The minimum Gasteiger partial charge on any atom is -0.358 e. The monoisotopic (exact) mass is 351 g/mol. The van der Waals surface area contributed by atoms with Crippen LogP contribution in [-0.4, -0.2) is 17.1 Å². The van der Waals surface area contributed by atoms with Gasteiger partial charge in [0, 0.05) is 17.0 Å². The van der Waals surface area contributed by atoms with E-state index in [4.69, 9.17) is 12.2 Å². The lowest BCUT2D eigenvalue weighted by atomic mass is 9.78. The average Bonchev–Trinajstić information content (AvgIpc) is 2.93. The molecule has 3 N–H and O–H groups in total. The lowest BCUT2D eigenvalue weighted by Gasteiger charge is -2.35. The quantitative estimate of drug-likeness (QED) is 0.444. The Morgan fingerprint density at radius 3 is 2.83 bits per heavy atom. The number of carbonyl (C=O) groups excluding carboxylic acids is 1. The number of hydrazine groups is 1. The summed E-state index contributed by atoms with van der Waals surface area (Å²) in [4.78, 5) is 12.9. The predicted molar refractivity (Wildman–Crippen MR) is 101 cm³/mol. The van der Waals surface area contributed by atoms with Crippen molar-refractivity contribution in [2.75, 3.05) is 0 Å². The van der Waals surface area contributed by atoms with E-state index >= 15 is 0 Å². The molecule has 0 bridgehead atoms. The number of hydrogen-bond acceptors (Lipinski definition) is 3. The third kappa shape index (κ3) is 5.32. The molecule has 1 heterocycles. The van der Waals surface area contributed by atoms with E-state index in [2.05, 4.69) is 30.0 Å². The summed E-state index contributed by atoms with van der Waals surface area (Å²) in [5, 5.41) is 5.80. The van der Waals surface area contributed by atoms with Gasteiger partial charge in [0.25, 0.3) is 5.91 Å². The van der Waals surface area contributed by atoms with Gasteiger partial charge in [-0.3, -0.25) is 15.6 Å². The van der Waals surface area contributed by atoms with Crippen LogP contribution in [-0.2, 0) is 4.79 Å². The van der Waals surface area contributed by atoms with E-state index < -0.39 is 0 Å². The number of thiocarbonyl (C=S) groups is 1. The summed E-state index contributed by atoms with van der Waals surface area (Å²) >= 11 is 6.88. The zero-order valence-corrected chi connectivity index (χ0v) is 15.5. The molecule has 3 atom stereocenters. The first-order chi connectivity index (χ1) is 11.0. The van der Waals surface area contributed by atoms with Crippen molar-refractivity contribution in [2.45, 2.75) is 46.1 Å². The summed E-state index contributed by atoms with van der Waals surface area (Å²) in [6, 6.07) is 2.41. The van der Waals surface area contributed by atoms with Crippen LogP contribution in [0.1, 0.15) is 43.6 Å². The fourth-order valence-electron chi connectivity index (χ4n) is 2.86. The molecule has 23 heavy (non-hydrogen) atoms. The van der Waals surface area contributed by atoms with Crippen LogP contribution in [0.25, 0.3) is 6.08 Å². The highest BCUT2D eigenvalue weighted by Crippen LogP contribution is 2.29. The number of carbonyl (C=O) groups is 1. The highest BCUT2D eigenvalue weighted by molar-refractivity contribution is 7.80. The molecule has 0 radical (unpaired) electrons. The smallest absolute Gasteiger partial charge is 0.262 e. The SMILES string of the molecule is Cc1ccsc1/C=C/C(=O)NNC(=S)N[C@@H]1CCC[C@H](C)[C@@H]1C. The van der Waals surface area contributed by atoms with Crippen molar-refractivity contribution in [1.82, 2.24) is 16.2 Å². The first kappa shape index (κ1) is 17.9. The minimum absolute atomic E-state index is 0.216. The van der Waals surface area contributed by atoms with Crippen LogP contribution in [0.5, 0.6) is 0 Å². The molecule has 1 aliphatic carbocycles. The molecule has 1 fully saturated rings. The maximum atomic E-state index is 11.8. The Morgan fingerprint density at radius 2 is 2.13 bits per heavy atom. The summed E-state index contributed by atoms with van der Waals surface area (Å²) in [6.07, 6.45) is 6.96. The van der Waals surface area contributed by atoms with Gasteiger partial charge < -0.3 is 5.32 Å². The third-order valence-corrected chi connectivity index (χ3v) is 5.81. The van der Waals surface area contributed by atoms with Gasteiger partial charge in [-0.05, 0) is 60.5 Å². The van der Waals surface area contributed by atoms with Crippen LogP contribution in [0.15, 0.2) is 17.5 Å².